The van der Waals surface area contributed by atoms with E-state index in [1.807, 2.05) is 0 Å². The Kier molecular flexibility index (Phi) is 3.47. The van der Waals surface area contributed by atoms with Crippen LogP contribution in [0.5, 0.6) is 0 Å². The summed E-state index contributed by atoms with van der Waals surface area (Å²) in [4.78, 5) is 15.1. The van der Waals surface area contributed by atoms with Crippen LogP contribution < -0.4 is 5.73 Å². The number of aromatic nitrogens is 1. The second-order valence-corrected chi connectivity index (χ2v) is 4.07. The Morgan fingerprint density at radius 2 is 2.00 bits per heavy atom. The Bertz CT molecular complexity index is 546. The van der Waals surface area contributed by atoms with E-state index < -0.39 is 0 Å². The SMILES string of the molecule is NCC(=O)c1ncc(-c2c(Cl)cccc2Cl)o1. The summed E-state index contributed by atoms with van der Waals surface area (Å²) in [5, 5.41) is 0.862. The van der Waals surface area contributed by atoms with Crippen molar-refractivity contribution in [3.8, 4) is 11.3 Å². The molecule has 4 nitrogen and oxygen atoms in total. The molecule has 0 amide bonds. The number of hydrogen-bond acceptors (Lipinski definition) is 4. The summed E-state index contributed by atoms with van der Waals surface area (Å²) in [7, 11) is 0. The number of benzene rings is 1. The predicted molar refractivity (Wildman–Crippen MR) is 65.3 cm³/mol. The van der Waals surface area contributed by atoms with Crippen LogP contribution in [0, 0.1) is 0 Å². The predicted octanol–water partition coefficient (Wildman–Crippen LogP) is 2.79. The van der Waals surface area contributed by atoms with Crippen LogP contribution in [0.4, 0.5) is 0 Å². The van der Waals surface area contributed by atoms with Crippen molar-refractivity contribution in [2.75, 3.05) is 6.54 Å². The lowest BCUT2D eigenvalue weighted by molar-refractivity contribution is 0.0969. The lowest BCUT2D eigenvalue weighted by Crippen LogP contribution is -2.13. The fourth-order valence-electron chi connectivity index (χ4n) is 1.34. The van der Waals surface area contributed by atoms with Gasteiger partial charge in [0, 0.05) is 0 Å². The highest BCUT2D eigenvalue weighted by Crippen LogP contribution is 2.34. The molecule has 88 valence electrons. The first-order valence-corrected chi connectivity index (χ1v) is 5.52. The van der Waals surface area contributed by atoms with Gasteiger partial charge < -0.3 is 10.2 Å². The van der Waals surface area contributed by atoms with E-state index >= 15 is 0 Å². The van der Waals surface area contributed by atoms with Crippen LogP contribution in [0.2, 0.25) is 10.0 Å². The lowest BCUT2D eigenvalue weighted by atomic mass is 10.2. The summed E-state index contributed by atoms with van der Waals surface area (Å²) >= 11 is 12.0. The average molecular weight is 271 g/mol. The molecule has 6 heteroatoms. The maximum atomic E-state index is 11.3. The largest absolute Gasteiger partial charge is 0.434 e. The number of nitrogens with zero attached hydrogens (tertiary/aromatic N) is 1. The molecular weight excluding hydrogens is 263 g/mol. The van der Waals surface area contributed by atoms with Gasteiger partial charge >= 0.3 is 0 Å². The Morgan fingerprint density at radius 1 is 1.35 bits per heavy atom. The van der Waals surface area contributed by atoms with Crippen LogP contribution in [0.1, 0.15) is 10.7 Å². The molecule has 0 saturated carbocycles. The standard InChI is InChI=1S/C11H8Cl2N2O2/c12-6-2-1-3-7(13)10(6)9-5-15-11(17-9)8(16)4-14/h1-3,5H,4,14H2. The van der Waals surface area contributed by atoms with Gasteiger partial charge in [0.15, 0.2) is 5.76 Å². The molecule has 2 N–H and O–H groups in total. The van der Waals surface area contributed by atoms with Gasteiger partial charge in [0.1, 0.15) is 0 Å². The van der Waals surface area contributed by atoms with E-state index in [-0.39, 0.29) is 18.2 Å². The Morgan fingerprint density at radius 3 is 2.59 bits per heavy atom. The van der Waals surface area contributed by atoms with Crippen LogP contribution in [-0.2, 0) is 0 Å². The van der Waals surface area contributed by atoms with E-state index in [4.69, 9.17) is 33.4 Å². The van der Waals surface area contributed by atoms with Gasteiger partial charge in [0.25, 0.3) is 5.89 Å². The minimum Gasteiger partial charge on any atom is -0.434 e. The summed E-state index contributed by atoms with van der Waals surface area (Å²) in [6.07, 6.45) is 1.40. The fraction of sp³-hybridized carbons (Fsp3) is 0.0909. The van der Waals surface area contributed by atoms with Crippen LogP contribution >= 0.6 is 23.2 Å². The third kappa shape index (κ3) is 2.34. The Labute approximate surface area is 107 Å². The molecule has 0 aliphatic rings. The monoisotopic (exact) mass is 270 g/mol. The highest BCUT2D eigenvalue weighted by Gasteiger charge is 2.16. The first kappa shape index (κ1) is 12.1. The number of carbonyl (C=O) groups excluding carboxylic acids is 1. The number of ketones is 1. The summed E-state index contributed by atoms with van der Waals surface area (Å²) in [6, 6.07) is 5.07. The van der Waals surface area contributed by atoms with Crippen molar-refractivity contribution < 1.29 is 9.21 Å². The summed E-state index contributed by atoms with van der Waals surface area (Å²) in [6.45, 7) is -0.157. The van der Waals surface area contributed by atoms with Gasteiger partial charge in [0.2, 0.25) is 5.78 Å². The second-order valence-electron chi connectivity index (χ2n) is 3.25. The van der Waals surface area contributed by atoms with Gasteiger partial charge in [-0.3, -0.25) is 4.79 Å². The zero-order valence-electron chi connectivity index (χ0n) is 8.61. The van der Waals surface area contributed by atoms with Crippen molar-refractivity contribution in [1.29, 1.82) is 0 Å². The zero-order chi connectivity index (χ0) is 12.4. The Hall–Kier alpha value is -1.36. The van der Waals surface area contributed by atoms with Crippen molar-refractivity contribution >= 4 is 29.0 Å². The van der Waals surface area contributed by atoms with Crippen LogP contribution in [-0.4, -0.2) is 17.3 Å². The van der Waals surface area contributed by atoms with E-state index in [2.05, 4.69) is 4.98 Å². The Balaban J connectivity index is 2.47. The molecule has 1 aromatic carbocycles. The first-order valence-electron chi connectivity index (χ1n) is 4.77. The molecule has 0 atom stereocenters. The summed E-state index contributed by atoms with van der Waals surface area (Å²) < 4.78 is 5.27. The highest BCUT2D eigenvalue weighted by molar-refractivity contribution is 6.39. The normalized spacial score (nSPS) is 10.5. The van der Waals surface area contributed by atoms with Gasteiger partial charge in [-0.25, -0.2) is 4.98 Å². The minimum atomic E-state index is -0.376. The number of carbonyl (C=O) groups is 1. The number of hydrogen-bond donors (Lipinski definition) is 1. The molecular formula is C11H8Cl2N2O2. The molecule has 0 aliphatic heterocycles. The molecule has 0 aliphatic carbocycles. The van der Waals surface area contributed by atoms with E-state index in [0.29, 0.717) is 21.4 Å². The van der Waals surface area contributed by atoms with E-state index in [1.165, 1.54) is 6.20 Å². The lowest BCUT2D eigenvalue weighted by Gasteiger charge is -2.02. The molecule has 0 radical (unpaired) electrons. The third-order valence-corrected chi connectivity index (χ3v) is 2.77. The number of Topliss-reactive ketones (excluding diaryl/α,β-unsaturated/α-hetero) is 1. The molecule has 0 fully saturated rings. The van der Waals surface area contributed by atoms with Crippen molar-refractivity contribution in [3.05, 3.63) is 40.3 Å². The maximum absolute atomic E-state index is 11.3. The second kappa shape index (κ2) is 4.87. The summed E-state index contributed by atoms with van der Waals surface area (Å²) in [5.41, 5.74) is 5.72. The van der Waals surface area contributed by atoms with E-state index in [9.17, 15) is 4.79 Å². The van der Waals surface area contributed by atoms with Gasteiger partial charge in [-0.05, 0) is 12.1 Å². The first-order chi connectivity index (χ1) is 8.13. The third-order valence-electron chi connectivity index (χ3n) is 2.14. The molecule has 2 aromatic rings. The molecule has 0 bridgehead atoms. The van der Waals surface area contributed by atoms with E-state index in [1.54, 1.807) is 18.2 Å². The number of nitrogens with two attached hydrogens (primary N) is 1. The van der Waals surface area contributed by atoms with Gasteiger partial charge in [-0.1, -0.05) is 29.3 Å². The van der Waals surface area contributed by atoms with Gasteiger partial charge in [-0.2, -0.15) is 0 Å². The molecule has 0 unspecified atom stereocenters. The van der Waals surface area contributed by atoms with Crippen molar-refractivity contribution in [2.45, 2.75) is 0 Å². The highest BCUT2D eigenvalue weighted by atomic mass is 35.5. The average Bonchev–Trinajstić information content (AvgIpc) is 2.77. The number of oxazole rings is 1. The summed E-state index contributed by atoms with van der Waals surface area (Å²) in [5.74, 6) is -0.0738. The van der Waals surface area contributed by atoms with Gasteiger partial charge in [0.05, 0.1) is 28.4 Å². The smallest absolute Gasteiger partial charge is 0.265 e. The molecule has 17 heavy (non-hydrogen) atoms. The van der Waals surface area contributed by atoms with Crippen LogP contribution in [0.25, 0.3) is 11.3 Å². The number of rotatable bonds is 3. The molecule has 0 saturated heterocycles. The van der Waals surface area contributed by atoms with E-state index in [0.717, 1.165) is 0 Å². The van der Waals surface area contributed by atoms with Gasteiger partial charge in [-0.15, -0.1) is 0 Å². The molecule has 0 spiro atoms. The quantitative estimate of drug-likeness (QED) is 0.871. The van der Waals surface area contributed by atoms with Crippen LogP contribution in [0.15, 0.2) is 28.8 Å². The van der Waals surface area contributed by atoms with Crippen molar-refractivity contribution in [2.24, 2.45) is 5.73 Å². The van der Waals surface area contributed by atoms with Crippen molar-refractivity contribution in [3.63, 3.8) is 0 Å². The molecule has 1 aromatic heterocycles. The fourth-order valence-corrected chi connectivity index (χ4v) is 1.92. The number of halogens is 2. The topological polar surface area (TPSA) is 69.1 Å². The maximum Gasteiger partial charge on any atom is 0.265 e. The molecule has 1 heterocycles. The van der Waals surface area contributed by atoms with Crippen molar-refractivity contribution in [1.82, 2.24) is 4.98 Å². The minimum absolute atomic E-state index is 0.0431. The molecule has 2 rings (SSSR count). The van der Waals surface area contributed by atoms with Crippen LogP contribution in [0.3, 0.4) is 0 Å². The zero-order valence-corrected chi connectivity index (χ0v) is 10.1.